The molecule has 3 amide bonds. The van der Waals surface area contributed by atoms with Crippen molar-refractivity contribution in [3.63, 3.8) is 0 Å². The van der Waals surface area contributed by atoms with Crippen LogP contribution in [0.25, 0.3) is 0 Å². The number of piperidine rings is 1. The minimum Gasteiger partial charge on any atom is -0.486 e. The predicted molar refractivity (Wildman–Crippen MR) is 133 cm³/mol. The zero-order chi connectivity index (χ0) is 24.4. The number of urea groups is 1. The van der Waals surface area contributed by atoms with Crippen molar-refractivity contribution in [2.24, 2.45) is 5.92 Å². The lowest BCUT2D eigenvalue weighted by atomic mass is 9.95. The Bertz CT molecular complexity index is 1060. The van der Waals surface area contributed by atoms with Crippen molar-refractivity contribution in [1.29, 1.82) is 0 Å². The van der Waals surface area contributed by atoms with Crippen LogP contribution < -0.4 is 14.5 Å². The van der Waals surface area contributed by atoms with E-state index in [0.717, 1.165) is 17.9 Å². The summed E-state index contributed by atoms with van der Waals surface area (Å²) in [6.45, 7) is 6.18. The predicted octanol–water partition coefficient (Wildman–Crippen LogP) is 3.98. The number of nitrogens with zero attached hydrogens (tertiary/aromatic N) is 4. The average molecular weight is 481 g/mol. The van der Waals surface area contributed by atoms with Crippen LogP contribution in [0.2, 0.25) is 0 Å². The molecule has 2 aromatic rings. The molecule has 0 aliphatic carbocycles. The highest BCUT2D eigenvalue weighted by Gasteiger charge is 2.36. The number of benzene rings is 2. The first-order chi connectivity index (χ1) is 17.0. The van der Waals surface area contributed by atoms with Gasteiger partial charge in [-0.25, -0.2) is 9.18 Å². The Labute approximate surface area is 206 Å². The molecule has 2 aromatic carbocycles. The Morgan fingerprint density at radius 2 is 1.54 bits per heavy atom. The number of para-hydroxylation sites is 3. The third-order valence-corrected chi connectivity index (χ3v) is 7.42. The Morgan fingerprint density at radius 1 is 0.886 bits per heavy atom. The monoisotopic (exact) mass is 480 g/mol. The first-order valence-corrected chi connectivity index (χ1v) is 12.7. The van der Waals surface area contributed by atoms with Crippen LogP contribution in [0.5, 0.6) is 5.75 Å². The largest absolute Gasteiger partial charge is 0.486 e. The smallest absolute Gasteiger partial charge is 0.324 e. The van der Waals surface area contributed by atoms with E-state index in [4.69, 9.17) is 4.74 Å². The fourth-order valence-electron chi connectivity index (χ4n) is 5.31. The highest BCUT2D eigenvalue weighted by Crippen LogP contribution is 2.35. The lowest BCUT2D eigenvalue weighted by molar-refractivity contribution is -0.137. The number of fused-ring (bicyclic) bond motifs is 1. The number of halogens is 1. The Hall–Kier alpha value is -3.29. The zero-order valence-electron chi connectivity index (χ0n) is 20.2. The number of likely N-dealkylation sites (tertiary alicyclic amines) is 1. The van der Waals surface area contributed by atoms with Gasteiger partial charge in [0.05, 0.1) is 17.9 Å². The molecule has 0 aromatic heterocycles. The summed E-state index contributed by atoms with van der Waals surface area (Å²) in [5.41, 5.74) is 1.41. The third kappa shape index (κ3) is 4.79. The van der Waals surface area contributed by atoms with Gasteiger partial charge in [-0.2, -0.15) is 0 Å². The fraction of sp³-hybridized carbons (Fsp3) is 0.481. The molecule has 8 heteroatoms. The number of anilines is 2. The average Bonchev–Trinajstić information content (AvgIpc) is 2.92. The lowest BCUT2D eigenvalue weighted by Crippen LogP contribution is -2.54. The Morgan fingerprint density at radius 3 is 2.23 bits per heavy atom. The quantitative estimate of drug-likeness (QED) is 0.667. The molecule has 0 unspecified atom stereocenters. The Kier molecular flexibility index (Phi) is 6.79. The summed E-state index contributed by atoms with van der Waals surface area (Å²) < 4.78 is 20.1. The van der Waals surface area contributed by atoms with Gasteiger partial charge in [0.1, 0.15) is 17.7 Å². The van der Waals surface area contributed by atoms with Gasteiger partial charge in [0.25, 0.3) is 0 Å². The summed E-state index contributed by atoms with van der Waals surface area (Å²) >= 11 is 0. The molecule has 35 heavy (non-hydrogen) atoms. The number of amides is 3. The summed E-state index contributed by atoms with van der Waals surface area (Å²) in [6.07, 6.45) is 2.15. The van der Waals surface area contributed by atoms with E-state index >= 15 is 0 Å². The number of rotatable bonds is 3. The van der Waals surface area contributed by atoms with Gasteiger partial charge >= 0.3 is 6.03 Å². The van der Waals surface area contributed by atoms with Crippen molar-refractivity contribution in [2.75, 3.05) is 55.6 Å². The molecule has 7 nitrogen and oxygen atoms in total. The van der Waals surface area contributed by atoms with E-state index in [2.05, 4.69) is 6.92 Å². The number of hydrogen-bond donors (Lipinski definition) is 0. The number of carbonyl (C=O) groups excluding carboxylic acids is 2. The summed E-state index contributed by atoms with van der Waals surface area (Å²) in [5, 5.41) is 0. The van der Waals surface area contributed by atoms with Crippen LogP contribution in [-0.2, 0) is 4.79 Å². The van der Waals surface area contributed by atoms with E-state index in [9.17, 15) is 14.0 Å². The van der Waals surface area contributed by atoms with E-state index in [1.165, 1.54) is 6.07 Å². The van der Waals surface area contributed by atoms with Crippen LogP contribution in [0.15, 0.2) is 48.5 Å². The number of ether oxygens (including phenoxy) is 1. The van der Waals surface area contributed by atoms with Crippen LogP contribution >= 0.6 is 0 Å². The molecule has 2 saturated heterocycles. The maximum Gasteiger partial charge on any atom is 0.324 e. The van der Waals surface area contributed by atoms with Crippen molar-refractivity contribution >= 4 is 23.3 Å². The van der Waals surface area contributed by atoms with Crippen molar-refractivity contribution in [3.8, 4) is 5.75 Å². The van der Waals surface area contributed by atoms with Gasteiger partial charge in [0, 0.05) is 45.2 Å². The van der Waals surface area contributed by atoms with Crippen molar-refractivity contribution in [3.05, 3.63) is 54.3 Å². The maximum atomic E-state index is 14.1. The van der Waals surface area contributed by atoms with Gasteiger partial charge in [0.2, 0.25) is 5.91 Å². The molecule has 0 radical (unpaired) electrons. The number of carbonyl (C=O) groups is 2. The first kappa shape index (κ1) is 23.5. The highest BCUT2D eigenvalue weighted by atomic mass is 19.1. The normalized spacial score (nSPS) is 20.9. The molecule has 3 aliphatic heterocycles. The molecule has 0 bridgehead atoms. The fourth-order valence-corrected chi connectivity index (χ4v) is 5.31. The van der Waals surface area contributed by atoms with Gasteiger partial charge in [-0.3, -0.25) is 9.69 Å². The lowest BCUT2D eigenvalue weighted by Gasteiger charge is -2.41. The number of hydrogen-bond acceptors (Lipinski definition) is 4. The second kappa shape index (κ2) is 10.1. The Balaban J connectivity index is 1.15. The summed E-state index contributed by atoms with van der Waals surface area (Å²) in [5.74, 6) is 0.614. The van der Waals surface area contributed by atoms with Crippen LogP contribution in [0.1, 0.15) is 26.2 Å². The molecule has 186 valence electrons. The third-order valence-electron chi connectivity index (χ3n) is 7.42. The molecule has 0 saturated carbocycles. The van der Waals surface area contributed by atoms with Crippen LogP contribution in [0.4, 0.5) is 20.6 Å². The maximum absolute atomic E-state index is 14.1. The van der Waals surface area contributed by atoms with E-state index in [1.807, 2.05) is 49.9 Å². The SMILES string of the molecule is CC[C@H]1CN(C(=O)N2CCC(C(=O)N3CCN(c4ccccc4F)CC3)CC2)c2ccccc2O1. The highest BCUT2D eigenvalue weighted by molar-refractivity contribution is 5.94. The second-order valence-corrected chi connectivity index (χ2v) is 9.53. The molecule has 3 aliphatic rings. The molecule has 3 heterocycles. The molecular formula is C27H33FN4O3. The standard InChI is InChI=1S/C27H33FN4O3/c1-2-21-19-32(24-9-5-6-10-25(24)35-21)27(34)31-13-11-20(12-14-31)26(33)30-17-15-29(16-18-30)23-8-4-3-7-22(23)28/h3-10,20-21H,2,11-19H2,1H3/t21-/m0/s1. The molecule has 1 atom stereocenters. The topological polar surface area (TPSA) is 56.3 Å². The first-order valence-electron chi connectivity index (χ1n) is 12.7. The van der Waals surface area contributed by atoms with E-state index in [0.29, 0.717) is 64.3 Å². The summed E-state index contributed by atoms with van der Waals surface area (Å²) in [7, 11) is 0. The van der Waals surface area contributed by atoms with Gasteiger partial charge in [-0.05, 0) is 43.5 Å². The second-order valence-electron chi connectivity index (χ2n) is 9.53. The minimum absolute atomic E-state index is 0.0106. The molecule has 5 rings (SSSR count). The van der Waals surface area contributed by atoms with E-state index < -0.39 is 0 Å². The summed E-state index contributed by atoms with van der Waals surface area (Å²) in [4.78, 5) is 34.2. The zero-order valence-corrected chi connectivity index (χ0v) is 20.2. The van der Waals surface area contributed by atoms with Gasteiger partial charge in [-0.15, -0.1) is 0 Å². The van der Waals surface area contributed by atoms with Gasteiger partial charge < -0.3 is 19.4 Å². The number of piperazine rings is 1. The minimum atomic E-state index is -0.225. The van der Waals surface area contributed by atoms with Crippen molar-refractivity contribution in [1.82, 2.24) is 9.80 Å². The van der Waals surface area contributed by atoms with E-state index in [1.54, 1.807) is 12.1 Å². The molecule has 2 fully saturated rings. The van der Waals surface area contributed by atoms with Crippen LogP contribution in [0.3, 0.4) is 0 Å². The molecular weight excluding hydrogens is 447 g/mol. The summed E-state index contributed by atoms with van der Waals surface area (Å²) in [6, 6.07) is 14.5. The van der Waals surface area contributed by atoms with Crippen molar-refractivity contribution in [2.45, 2.75) is 32.3 Å². The molecule has 0 spiro atoms. The van der Waals surface area contributed by atoms with E-state index in [-0.39, 0.29) is 29.8 Å². The van der Waals surface area contributed by atoms with Gasteiger partial charge in [-0.1, -0.05) is 31.2 Å². The van der Waals surface area contributed by atoms with Crippen LogP contribution in [-0.4, -0.2) is 73.7 Å². The van der Waals surface area contributed by atoms with Crippen molar-refractivity contribution < 1.29 is 18.7 Å². The van der Waals surface area contributed by atoms with Crippen LogP contribution in [0, 0.1) is 11.7 Å². The molecule has 0 N–H and O–H groups in total. The van der Waals surface area contributed by atoms with Gasteiger partial charge in [0.15, 0.2) is 0 Å².